The summed E-state index contributed by atoms with van der Waals surface area (Å²) in [5, 5.41) is 5.84. The van der Waals surface area contributed by atoms with Gasteiger partial charge in [-0.3, -0.25) is 9.59 Å². The molecule has 2 N–H and O–H groups in total. The molecule has 0 aliphatic heterocycles. The number of thioether (sulfide) groups is 1. The Morgan fingerprint density at radius 1 is 0.789 bits per heavy atom. The van der Waals surface area contributed by atoms with Gasteiger partial charge in [-0.1, -0.05) is 0 Å². The van der Waals surface area contributed by atoms with Gasteiger partial charge in [0.15, 0.2) is 0 Å². The Bertz CT molecular complexity index is 274. The Hall–Kier alpha value is -0.710. The minimum atomic E-state index is -0.172. The van der Waals surface area contributed by atoms with Gasteiger partial charge in [-0.25, -0.2) is 0 Å². The molecule has 0 radical (unpaired) electrons. The summed E-state index contributed by atoms with van der Waals surface area (Å²) in [4.78, 5) is 23.1. The second kappa shape index (κ2) is 7.78. The van der Waals surface area contributed by atoms with Crippen LogP contribution in [-0.4, -0.2) is 34.4 Å². The Balaban J connectivity index is 3.61. The number of carbonyl (C=O) groups excluding carboxylic acids is 2. The number of carbonyl (C=O) groups is 2. The first-order valence-electron chi connectivity index (χ1n) is 6.69. The quantitative estimate of drug-likeness (QED) is 0.738. The normalized spacial score (nSPS) is 12.1. The molecule has 4 nitrogen and oxygen atoms in total. The molecule has 0 aliphatic rings. The summed E-state index contributed by atoms with van der Waals surface area (Å²) in [6, 6.07) is 0. The molecule has 0 spiro atoms. The molecular formula is C14H28N2O2S. The zero-order valence-electron chi connectivity index (χ0n) is 13.1. The van der Waals surface area contributed by atoms with Gasteiger partial charge in [-0.05, 0) is 41.5 Å². The van der Waals surface area contributed by atoms with Crippen LogP contribution in [0.15, 0.2) is 0 Å². The van der Waals surface area contributed by atoms with Gasteiger partial charge in [0.1, 0.15) is 0 Å². The van der Waals surface area contributed by atoms with Crippen molar-refractivity contribution in [1.29, 1.82) is 0 Å². The summed E-state index contributed by atoms with van der Waals surface area (Å²) >= 11 is 1.64. The van der Waals surface area contributed by atoms with Crippen molar-refractivity contribution in [2.45, 2.75) is 65.5 Å². The van der Waals surface area contributed by atoms with Gasteiger partial charge in [-0.15, -0.1) is 0 Å². The highest BCUT2D eigenvalue weighted by Crippen LogP contribution is 2.07. The molecular weight excluding hydrogens is 260 g/mol. The van der Waals surface area contributed by atoms with Gasteiger partial charge in [0.2, 0.25) is 11.8 Å². The van der Waals surface area contributed by atoms with Crippen molar-refractivity contribution in [2.75, 3.05) is 11.5 Å². The zero-order chi connectivity index (χ0) is 15.1. The average molecular weight is 288 g/mol. The molecule has 0 fully saturated rings. The van der Waals surface area contributed by atoms with Crippen molar-refractivity contribution in [1.82, 2.24) is 10.6 Å². The summed E-state index contributed by atoms with van der Waals surface area (Å²) in [6.07, 6.45) is 1.01. The van der Waals surface area contributed by atoms with Gasteiger partial charge >= 0.3 is 0 Å². The Morgan fingerprint density at radius 2 is 1.11 bits per heavy atom. The van der Waals surface area contributed by atoms with Crippen LogP contribution in [0.3, 0.4) is 0 Å². The van der Waals surface area contributed by atoms with Crippen molar-refractivity contribution in [3.63, 3.8) is 0 Å². The van der Waals surface area contributed by atoms with E-state index < -0.39 is 0 Å². The van der Waals surface area contributed by atoms with Crippen LogP contribution in [-0.2, 0) is 9.59 Å². The van der Waals surface area contributed by atoms with E-state index in [9.17, 15) is 9.59 Å². The molecule has 0 aliphatic carbocycles. The first-order valence-corrected chi connectivity index (χ1v) is 7.85. The Morgan fingerprint density at radius 3 is 1.37 bits per heavy atom. The van der Waals surface area contributed by atoms with E-state index in [2.05, 4.69) is 10.6 Å². The van der Waals surface area contributed by atoms with Crippen molar-refractivity contribution in [2.24, 2.45) is 0 Å². The van der Waals surface area contributed by atoms with Crippen LogP contribution < -0.4 is 10.6 Å². The molecule has 0 aromatic rings. The van der Waals surface area contributed by atoms with Crippen LogP contribution in [0, 0.1) is 0 Å². The molecule has 2 amide bonds. The number of hydrogen-bond acceptors (Lipinski definition) is 3. The fourth-order valence-corrected chi connectivity index (χ4v) is 2.26. The number of nitrogens with one attached hydrogen (secondary N) is 2. The number of hydrogen-bond donors (Lipinski definition) is 2. The van der Waals surface area contributed by atoms with E-state index in [1.54, 1.807) is 11.8 Å². The van der Waals surface area contributed by atoms with Gasteiger partial charge < -0.3 is 10.6 Å². The number of amides is 2. The van der Waals surface area contributed by atoms with E-state index >= 15 is 0 Å². The molecule has 0 saturated carbocycles. The van der Waals surface area contributed by atoms with Gasteiger partial charge in [-0.2, -0.15) is 11.8 Å². The molecule has 0 atom stereocenters. The molecule has 0 unspecified atom stereocenters. The van der Waals surface area contributed by atoms with Crippen molar-refractivity contribution in [3.8, 4) is 0 Å². The highest BCUT2D eigenvalue weighted by atomic mass is 32.2. The largest absolute Gasteiger partial charge is 0.351 e. The number of rotatable bonds is 6. The standard InChI is InChI=1S/C14H28N2O2S/c1-13(2,3)15-11(17)7-9-19-10-8-12(18)16-14(4,5)6/h7-10H2,1-6H3,(H,15,17)(H,16,18). The van der Waals surface area contributed by atoms with Gasteiger partial charge in [0, 0.05) is 35.4 Å². The Labute approximate surface area is 121 Å². The van der Waals surface area contributed by atoms with E-state index in [1.807, 2.05) is 41.5 Å². The Kier molecular flexibility index (Phi) is 7.49. The lowest BCUT2D eigenvalue weighted by atomic mass is 10.1. The van der Waals surface area contributed by atoms with Gasteiger partial charge in [0.05, 0.1) is 0 Å². The van der Waals surface area contributed by atoms with Gasteiger partial charge in [0.25, 0.3) is 0 Å². The van der Waals surface area contributed by atoms with E-state index in [1.165, 1.54) is 0 Å². The monoisotopic (exact) mass is 288 g/mol. The summed E-state index contributed by atoms with van der Waals surface area (Å²) in [7, 11) is 0. The molecule has 0 bridgehead atoms. The molecule has 0 aromatic heterocycles. The zero-order valence-corrected chi connectivity index (χ0v) is 13.9. The highest BCUT2D eigenvalue weighted by Gasteiger charge is 2.14. The second-order valence-corrected chi connectivity index (χ2v) is 7.93. The lowest BCUT2D eigenvalue weighted by Crippen LogP contribution is -2.41. The molecule has 0 aromatic carbocycles. The average Bonchev–Trinajstić information content (AvgIpc) is 2.10. The summed E-state index contributed by atoms with van der Waals surface area (Å²) in [5.41, 5.74) is -0.345. The minimum Gasteiger partial charge on any atom is -0.351 e. The van der Waals surface area contributed by atoms with Crippen molar-refractivity contribution < 1.29 is 9.59 Å². The van der Waals surface area contributed by atoms with E-state index in [4.69, 9.17) is 0 Å². The second-order valence-electron chi connectivity index (χ2n) is 6.71. The topological polar surface area (TPSA) is 58.2 Å². The molecule has 5 heteroatoms. The predicted octanol–water partition coefficient (Wildman–Crippen LogP) is 2.33. The molecule has 0 rings (SSSR count). The molecule has 112 valence electrons. The predicted molar refractivity (Wildman–Crippen MR) is 82.4 cm³/mol. The van der Waals surface area contributed by atoms with Crippen LogP contribution in [0.2, 0.25) is 0 Å². The molecule has 0 heterocycles. The minimum absolute atomic E-state index is 0.0687. The maximum absolute atomic E-state index is 11.5. The lowest BCUT2D eigenvalue weighted by Gasteiger charge is -2.20. The van der Waals surface area contributed by atoms with Crippen LogP contribution in [0.25, 0.3) is 0 Å². The third-order valence-electron chi connectivity index (χ3n) is 1.98. The van der Waals surface area contributed by atoms with Crippen LogP contribution >= 0.6 is 11.8 Å². The first kappa shape index (κ1) is 18.3. The lowest BCUT2D eigenvalue weighted by molar-refractivity contribution is -0.122. The van der Waals surface area contributed by atoms with E-state index in [0.717, 1.165) is 11.5 Å². The highest BCUT2D eigenvalue weighted by molar-refractivity contribution is 7.99. The fraction of sp³-hybridized carbons (Fsp3) is 0.857. The van der Waals surface area contributed by atoms with Crippen molar-refractivity contribution >= 4 is 23.6 Å². The maximum Gasteiger partial charge on any atom is 0.221 e. The first-order chi connectivity index (χ1) is 8.49. The summed E-state index contributed by atoms with van der Waals surface area (Å²) < 4.78 is 0. The summed E-state index contributed by atoms with van der Waals surface area (Å²) in [5.74, 6) is 1.65. The fourth-order valence-electron chi connectivity index (χ4n) is 1.39. The maximum atomic E-state index is 11.5. The smallest absolute Gasteiger partial charge is 0.221 e. The van der Waals surface area contributed by atoms with Crippen LogP contribution in [0.1, 0.15) is 54.4 Å². The molecule has 19 heavy (non-hydrogen) atoms. The third kappa shape index (κ3) is 13.5. The third-order valence-corrected chi connectivity index (χ3v) is 2.96. The molecule has 0 saturated heterocycles. The van der Waals surface area contributed by atoms with Crippen molar-refractivity contribution in [3.05, 3.63) is 0 Å². The van der Waals surface area contributed by atoms with Crippen LogP contribution in [0.5, 0.6) is 0 Å². The van der Waals surface area contributed by atoms with Crippen LogP contribution in [0.4, 0.5) is 0 Å². The van der Waals surface area contributed by atoms with E-state index in [-0.39, 0.29) is 22.9 Å². The summed E-state index contributed by atoms with van der Waals surface area (Å²) in [6.45, 7) is 11.8. The van der Waals surface area contributed by atoms with E-state index in [0.29, 0.717) is 12.8 Å². The SMILES string of the molecule is CC(C)(C)NC(=O)CCSCCC(=O)NC(C)(C)C.